The van der Waals surface area contributed by atoms with E-state index in [1.54, 1.807) is 6.92 Å². The lowest BCUT2D eigenvalue weighted by Crippen LogP contribution is -2.16. The number of ether oxygens (including phenoxy) is 1. The summed E-state index contributed by atoms with van der Waals surface area (Å²) in [6.07, 6.45) is 0.0678. The molecule has 16 heavy (non-hydrogen) atoms. The van der Waals surface area contributed by atoms with Crippen molar-refractivity contribution in [2.45, 2.75) is 13.3 Å². The van der Waals surface area contributed by atoms with E-state index in [4.69, 9.17) is 0 Å². The average molecular weight is 224 g/mol. The summed E-state index contributed by atoms with van der Waals surface area (Å²) < 4.78 is 17.1. The molecule has 0 saturated carbocycles. The number of carbonyl (C=O) groups excluding carboxylic acids is 2. The first-order valence-electron chi connectivity index (χ1n) is 4.91. The van der Waals surface area contributed by atoms with Gasteiger partial charge in [0.25, 0.3) is 0 Å². The molecular weight excluding hydrogens is 211 g/mol. The number of esters is 1. The van der Waals surface area contributed by atoms with Crippen LogP contribution in [0.15, 0.2) is 24.3 Å². The predicted octanol–water partition coefficient (Wildman–Crippen LogP) is 2.21. The van der Waals surface area contributed by atoms with Crippen molar-refractivity contribution in [3.8, 4) is 0 Å². The van der Waals surface area contributed by atoms with Crippen LogP contribution in [0, 0.1) is 11.7 Å². The van der Waals surface area contributed by atoms with Crippen molar-refractivity contribution in [1.29, 1.82) is 0 Å². The molecule has 4 heteroatoms. The fourth-order valence-electron chi connectivity index (χ4n) is 1.32. The molecule has 0 amide bonds. The molecule has 1 unspecified atom stereocenters. The Bertz CT molecular complexity index is 384. The third kappa shape index (κ3) is 3.15. The molecule has 0 aromatic heterocycles. The van der Waals surface area contributed by atoms with Crippen LogP contribution in [0.3, 0.4) is 0 Å². The van der Waals surface area contributed by atoms with Crippen LogP contribution in [0.2, 0.25) is 0 Å². The molecule has 0 aliphatic carbocycles. The van der Waals surface area contributed by atoms with Crippen LogP contribution >= 0.6 is 0 Å². The molecule has 0 saturated heterocycles. The number of benzene rings is 1. The van der Waals surface area contributed by atoms with Crippen LogP contribution in [0.1, 0.15) is 23.7 Å². The Morgan fingerprint density at radius 3 is 2.38 bits per heavy atom. The van der Waals surface area contributed by atoms with Gasteiger partial charge in [-0.15, -0.1) is 0 Å². The Balaban J connectivity index is 2.65. The van der Waals surface area contributed by atoms with Gasteiger partial charge in [-0.1, -0.05) is 6.92 Å². The Morgan fingerprint density at radius 2 is 1.88 bits per heavy atom. The number of rotatable bonds is 4. The maximum Gasteiger partial charge on any atom is 0.308 e. The lowest BCUT2D eigenvalue weighted by atomic mass is 10.00. The van der Waals surface area contributed by atoms with E-state index in [9.17, 15) is 14.0 Å². The van der Waals surface area contributed by atoms with Gasteiger partial charge in [-0.25, -0.2) is 4.39 Å². The summed E-state index contributed by atoms with van der Waals surface area (Å²) in [6, 6.07) is 5.25. The molecule has 0 fully saturated rings. The predicted molar refractivity (Wildman–Crippen MR) is 56.5 cm³/mol. The zero-order valence-corrected chi connectivity index (χ0v) is 9.20. The van der Waals surface area contributed by atoms with Gasteiger partial charge >= 0.3 is 5.97 Å². The SMILES string of the molecule is COC(=O)C(C)CC(=O)c1ccc(F)cc1. The van der Waals surface area contributed by atoms with Crippen LogP contribution in [0.5, 0.6) is 0 Å². The molecule has 1 aromatic rings. The summed E-state index contributed by atoms with van der Waals surface area (Å²) in [7, 11) is 1.28. The summed E-state index contributed by atoms with van der Waals surface area (Å²) in [6.45, 7) is 1.62. The number of hydrogen-bond donors (Lipinski definition) is 0. The zero-order chi connectivity index (χ0) is 12.1. The molecule has 86 valence electrons. The monoisotopic (exact) mass is 224 g/mol. The van der Waals surface area contributed by atoms with E-state index >= 15 is 0 Å². The summed E-state index contributed by atoms with van der Waals surface area (Å²) in [5.74, 6) is -1.49. The Labute approximate surface area is 93.2 Å². The fourth-order valence-corrected chi connectivity index (χ4v) is 1.32. The van der Waals surface area contributed by atoms with Gasteiger partial charge in [0.15, 0.2) is 5.78 Å². The molecule has 0 heterocycles. The van der Waals surface area contributed by atoms with Crippen LogP contribution in [-0.2, 0) is 9.53 Å². The van der Waals surface area contributed by atoms with E-state index < -0.39 is 17.7 Å². The molecule has 1 atom stereocenters. The summed E-state index contributed by atoms with van der Waals surface area (Å²) in [5.41, 5.74) is 0.400. The maximum atomic E-state index is 12.6. The van der Waals surface area contributed by atoms with Crippen LogP contribution in [0.25, 0.3) is 0 Å². The van der Waals surface area contributed by atoms with Crippen molar-refractivity contribution < 1.29 is 18.7 Å². The first-order chi connectivity index (χ1) is 7.54. The number of hydrogen-bond acceptors (Lipinski definition) is 3. The minimum absolute atomic E-state index is 0.0678. The molecule has 3 nitrogen and oxygen atoms in total. The van der Waals surface area contributed by atoms with Crippen molar-refractivity contribution in [2.75, 3.05) is 7.11 Å². The van der Waals surface area contributed by atoms with Crippen molar-refractivity contribution in [3.63, 3.8) is 0 Å². The van der Waals surface area contributed by atoms with Gasteiger partial charge in [0.1, 0.15) is 5.82 Å². The van der Waals surface area contributed by atoms with Gasteiger partial charge in [0.05, 0.1) is 13.0 Å². The normalized spacial score (nSPS) is 11.9. The van der Waals surface area contributed by atoms with Crippen LogP contribution in [0.4, 0.5) is 4.39 Å². The van der Waals surface area contributed by atoms with E-state index in [0.717, 1.165) is 0 Å². The fraction of sp³-hybridized carbons (Fsp3) is 0.333. The molecule has 0 aliphatic heterocycles. The molecule has 0 spiro atoms. The van der Waals surface area contributed by atoms with Crippen molar-refractivity contribution in [1.82, 2.24) is 0 Å². The van der Waals surface area contributed by atoms with Gasteiger partial charge in [-0.3, -0.25) is 9.59 Å². The molecule has 0 N–H and O–H groups in total. The minimum Gasteiger partial charge on any atom is -0.469 e. The molecule has 0 aliphatic rings. The highest BCUT2D eigenvalue weighted by atomic mass is 19.1. The number of methoxy groups -OCH3 is 1. The standard InChI is InChI=1S/C12H13FO3/c1-8(12(15)16-2)7-11(14)9-3-5-10(13)6-4-9/h3-6,8H,7H2,1-2H3. The largest absolute Gasteiger partial charge is 0.469 e. The van der Waals surface area contributed by atoms with E-state index in [0.29, 0.717) is 5.56 Å². The van der Waals surface area contributed by atoms with Crippen molar-refractivity contribution in [3.05, 3.63) is 35.6 Å². The quantitative estimate of drug-likeness (QED) is 0.581. The Kier molecular flexibility index (Phi) is 4.17. The smallest absolute Gasteiger partial charge is 0.308 e. The lowest BCUT2D eigenvalue weighted by Gasteiger charge is -2.07. The van der Waals surface area contributed by atoms with Crippen LogP contribution < -0.4 is 0 Å². The van der Waals surface area contributed by atoms with Gasteiger partial charge in [-0.2, -0.15) is 0 Å². The number of halogens is 1. The highest BCUT2D eigenvalue weighted by molar-refractivity contribution is 5.97. The van der Waals surface area contributed by atoms with Crippen molar-refractivity contribution in [2.24, 2.45) is 5.92 Å². The second-order valence-corrected chi connectivity index (χ2v) is 3.56. The summed E-state index contributed by atoms with van der Waals surface area (Å²) in [5, 5.41) is 0. The zero-order valence-electron chi connectivity index (χ0n) is 9.20. The highest BCUT2D eigenvalue weighted by Crippen LogP contribution is 2.11. The van der Waals surface area contributed by atoms with Gasteiger partial charge in [-0.05, 0) is 24.3 Å². The molecule has 1 aromatic carbocycles. The number of ketones is 1. The minimum atomic E-state index is -0.484. The van der Waals surface area contributed by atoms with Crippen molar-refractivity contribution >= 4 is 11.8 Å². The first kappa shape index (κ1) is 12.4. The second kappa shape index (κ2) is 5.39. The third-order valence-corrected chi connectivity index (χ3v) is 2.26. The topological polar surface area (TPSA) is 43.4 Å². The Hall–Kier alpha value is -1.71. The first-order valence-corrected chi connectivity index (χ1v) is 4.91. The van der Waals surface area contributed by atoms with E-state index in [-0.39, 0.29) is 12.2 Å². The highest BCUT2D eigenvalue weighted by Gasteiger charge is 2.18. The van der Waals surface area contributed by atoms with Gasteiger partial charge < -0.3 is 4.74 Å². The summed E-state index contributed by atoms with van der Waals surface area (Å²) in [4.78, 5) is 22.8. The van der Waals surface area contributed by atoms with E-state index in [1.807, 2.05) is 0 Å². The van der Waals surface area contributed by atoms with E-state index in [1.165, 1.54) is 31.4 Å². The van der Waals surface area contributed by atoms with Gasteiger partial charge in [0, 0.05) is 12.0 Å². The van der Waals surface area contributed by atoms with E-state index in [2.05, 4.69) is 4.74 Å². The molecule has 0 bridgehead atoms. The van der Waals surface area contributed by atoms with Gasteiger partial charge in [0.2, 0.25) is 0 Å². The Morgan fingerprint density at radius 1 is 1.31 bits per heavy atom. The number of carbonyl (C=O) groups is 2. The third-order valence-electron chi connectivity index (χ3n) is 2.26. The summed E-state index contributed by atoms with van der Waals surface area (Å²) >= 11 is 0. The van der Waals surface area contributed by atoms with Crippen LogP contribution in [-0.4, -0.2) is 18.9 Å². The molecular formula is C12H13FO3. The average Bonchev–Trinajstić information content (AvgIpc) is 2.28. The maximum absolute atomic E-state index is 12.6. The number of Topliss-reactive ketones (excluding diaryl/α,β-unsaturated/α-hetero) is 1. The lowest BCUT2D eigenvalue weighted by molar-refractivity contribution is -0.144. The molecule has 1 rings (SSSR count). The second-order valence-electron chi connectivity index (χ2n) is 3.56. The molecule has 0 radical (unpaired) electrons.